The Morgan fingerprint density at radius 2 is 2.50 bits per heavy atom. The summed E-state index contributed by atoms with van der Waals surface area (Å²) in [6.45, 7) is 1.72. The molecule has 0 aliphatic heterocycles. The number of hydrogen-bond donors (Lipinski definition) is 1. The van der Waals surface area contributed by atoms with E-state index in [1.54, 1.807) is 29.6 Å². The fourth-order valence-corrected chi connectivity index (χ4v) is 1.97. The Morgan fingerprint density at radius 3 is 3.00 bits per heavy atom. The van der Waals surface area contributed by atoms with Crippen LogP contribution in [0.3, 0.4) is 0 Å². The highest BCUT2D eigenvalue weighted by atomic mass is 32.2. The van der Waals surface area contributed by atoms with Gasteiger partial charge in [-0.25, -0.2) is 0 Å². The van der Waals surface area contributed by atoms with Crippen LogP contribution in [0.1, 0.15) is 12.5 Å². The summed E-state index contributed by atoms with van der Waals surface area (Å²) in [4.78, 5) is 10.5. The van der Waals surface area contributed by atoms with Crippen molar-refractivity contribution in [2.75, 3.05) is 5.75 Å². The van der Waals surface area contributed by atoms with Crippen LogP contribution in [0, 0.1) is 5.92 Å². The van der Waals surface area contributed by atoms with Crippen LogP contribution in [0.15, 0.2) is 12.4 Å². The molecule has 0 spiro atoms. The van der Waals surface area contributed by atoms with Gasteiger partial charge in [0.15, 0.2) is 0 Å². The topological polar surface area (TPSA) is 55.1 Å². The standard InChI is InChI=1S/C9H14N2O2S/c1-7(9(12)13)5-14-6-8-3-10-11(2)4-8/h3-4,7H,5-6H2,1-2H3,(H,12,13). The molecule has 0 aliphatic rings. The van der Waals surface area contributed by atoms with Gasteiger partial charge in [0.2, 0.25) is 0 Å². The van der Waals surface area contributed by atoms with Gasteiger partial charge in [-0.3, -0.25) is 9.48 Å². The smallest absolute Gasteiger partial charge is 0.307 e. The van der Waals surface area contributed by atoms with Crippen molar-refractivity contribution in [2.45, 2.75) is 12.7 Å². The summed E-state index contributed by atoms with van der Waals surface area (Å²) in [6, 6.07) is 0. The summed E-state index contributed by atoms with van der Waals surface area (Å²) < 4.78 is 1.75. The molecule has 1 unspecified atom stereocenters. The van der Waals surface area contributed by atoms with E-state index in [-0.39, 0.29) is 5.92 Å². The van der Waals surface area contributed by atoms with E-state index in [0.717, 1.165) is 11.3 Å². The SMILES string of the molecule is CC(CSCc1cnn(C)c1)C(=O)O. The second kappa shape index (κ2) is 5.05. The average Bonchev–Trinajstić information content (AvgIpc) is 2.51. The number of thioether (sulfide) groups is 1. The molecular formula is C9H14N2O2S. The van der Waals surface area contributed by atoms with Crippen molar-refractivity contribution < 1.29 is 9.90 Å². The molecule has 0 bridgehead atoms. The summed E-state index contributed by atoms with van der Waals surface area (Å²) in [6.07, 6.45) is 3.75. The third-order valence-corrected chi connectivity index (χ3v) is 3.09. The molecule has 0 saturated carbocycles. The number of carboxylic acids is 1. The first-order valence-corrected chi connectivity index (χ1v) is 5.53. The van der Waals surface area contributed by atoms with Crippen LogP contribution in [0.4, 0.5) is 0 Å². The number of carbonyl (C=O) groups is 1. The van der Waals surface area contributed by atoms with Gasteiger partial charge in [0.25, 0.3) is 0 Å². The summed E-state index contributed by atoms with van der Waals surface area (Å²) in [5.74, 6) is 0.454. The van der Waals surface area contributed by atoms with E-state index in [4.69, 9.17) is 5.11 Å². The molecule has 78 valence electrons. The van der Waals surface area contributed by atoms with Crippen LogP contribution in [0.2, 0.25) is 0 Å². The normalized spacial score (nSPS) is 12.7. The Morgan fingerprint density at radius 1 is 1.79 bits per heavy atom. The lowest BCUT2D eigenvalue weighted by Crippen LogP contribution is -2.11. The number of nitrogens with zero attached hydrogens (tertiary/aromatic N) is 2. The molecule has 1 aromatic rings. The van der Waals surface area contributed by atoms with Gasteiger partial charge in [0.05, 0.1) is 12.1 Å². The summed E-state index contributed by atoms with van der Waals surface area (Å²) in [7, 11) is 1.87. The highest BCUT2D eigenvalue weighted by molar-refractivity contribution is 7.98. The molecule has 0 aromatic carbocycles. The number of aromatic nitrogens is 2. The van der Waals surface area contributed by atoms with Gasteiger partial charge in [-0.05, 0) is 5.56 Å². The van der Waals surface area contributed by atoms with Crippen molar-refractivity contribution in [3.05, 3.63) is 18.0 Å². The molecule has 0 fully saturated rings. The average molecular weight is 214 g/mol. The first-order chi connectivity index (χ1) is 6.59. The van der Waals surface area contributed by atoms with E-state index in [1.165, 1.54) is 0 Å². The summed E-state index contributed by atoms with van der Waals surface area (Å²) in [5, 5.41) is 12.7. The number of rotatable bonds is 5. The number of aliphatic carboxylic acids is 1. The zero-order chi connectivity index (χ0) is 10.6. The monoisotopic (exact) mass is 214 g/mol. The first-order valence-electron chi connectivity index (χ1n) is 4.37. The van der Waals surface area contributed by atoms with Crippen LogP contribution in [0.5, 0.6) is 0 Å². The van der Waals surface area contributed by atoms with Crippen molar-refractivity contribution in [2.24, 2.45) is 13.0 Å². The van der Waals surface area contributed by atoms with Gasteiger partial charge in [-0.15, -0.1) is 0 Å². The molecule has 0 amide bonds. The second-order valence-corrected chi connectivity index (χ2v) is 4.31. The van der Waals surface area contributed by atoms with Crippen LogP contribution >= 0.6 is 11.8 Å². The lowest BCUT2D eigenvalue weighted by molar-refractivity contribution is -0.140. The highest BCUT2D eigenvalue weighted by Crippen LogP contribution is 2.14. The molecule has 1 aromatic heterocycles. The van der Waals surface area contributed by atoms with Crippen molar-refractivity contribution in [3.8, 4) is 0 Å². The van der Waals surface area contributed by atoms with Gasteiger partial charge in [-0.1, -0.05) is 6.92 Å². The number of carboxylic acid groups (broad SMARTS) is 1. The van der Waals surface area contributed by atoms with Crippen LogP contribution < -0.4 is 0 Å². The van der Waals surface area contributed by atoms with Gasteiger partial charge in [0, 0.05) is 24.8 Å². The number of aryl methyl sites for hydroxylation is 1. The lowest BCUT2D eigenvalue weighted by atomic mass is 10.2. The minimum Gasteiger partial charge on any atom is -0.481 e. The summed E-state index contributed by atoms with van der Waals surface area (Å²) >= 11 is 1.62. The Bertz CT molecular complexity index is 312. The summed E-state index contributed by atoms with van der Waals surface area (Å²) in [5.41, 5.74) is 1.13. The van der Waals surface area contributed by atoms with Crippen LogP contribution in [0.25, 0.3) is 0 Å². The molecule has 4 nitrogen and oxygen atoms in total. The second-order valence-electron chi connectivity index (χ2n) is 3.28. The zero-order valence-electron chi connectivity index (χ0n) is 8.30. The Balaban J connectivity index is 2.25. The van der Waals surface area contributed by atoms with Crippen molar-refractivity contribution in [1.29, 1.82) is 0 Å². The van der Waals surface area contributed by atoms with E-state index >= 15 is 0 Å². The van der Waals surface area contributed by atoms with Crippen molar-refractivity contribution in [3.63, 3.8) is 0 Å². The highest BCUT2D eigenvalue weighted by Gasteiger charge is 2.10. The predicted molar refractivity (Wildman–Crippen MR) is 56.2 cm³/mol. The van der Waals surface area contributed by atoms with Gasteiger partial charge < -0.3 is 5.11 Å². The molecule has 1 N–H and O–H groups in total. The minimum absolute atomic E-state index is 0.281. The third kappa shape index (κ3) is 3.41. The molecule has 5 heteroatoms. The molecule has 14 heavy (non-hydrogen) atoms. The molecular weight excluding hydrogens is 200 g/mol. The Labute approximate surface area is 87.3 Å². The van der Waals surface area contributed by atoms with E-state index in [0.29, 0.717) is 5.75 Å². The maximum atomic E-state index is 10.5. The number of hydrogen-bond acceptors (Lipinski definition) is 3. The first kappa shape index (κ1) is 11.1. The fraction of sp³-hybridized carbons (Fsp3) is 0.556. The Kier molecular flexibility index (Phi) is 4.00. The predicted octanol–water partition coefficient (Wildman–Crippen LogP) is 1.37. The maximum Gasteiger partial charge on any atom is 0.307 e. The molecule has 1 heterocycles. The van der Waals surface area contributed by atoms with Crippen LogP contribution in [-0.4, -0.2) is 26.6 Å². The van der Waals surface area contributed by atoms with E-state index in [1.807, 2.05) is 13.2 Å². The molecule has 0 radical (unpaired) electrons. The lowest BCUT2D eigenvalue weighted by Gasteiger charge is -2.03. The van der Waals surface area contributed by atoms with E-state index in [2.05, 4.69) is 5.10 Å². The van der Waals surface area contributed by atoms with Crippen molar-refractivity contribution >= 4 is 17.7 Å². The molecule has 0 saturated heterocycles. The molecule has 1 rings (SSSR count). The van der Waals surface area contributed by atoms with Gasteiger partial charge in [0.1, 0.15) is 0 Å². The van der Waals surface area contributed by atoms with Gasteiger partial charge in [-0.2, -0.15) is 16.9 Å². The molecule has 0 aliphatic carbocycles. The third-order valence-electron chi connectivity index (χ3n) is 1.82. The molecule has 1 atom stereocenters. The largest absolute Gasteiger partial charge is 0.481 e. The van der Waals surface area contributed by atoms with Crippen molar-refractivity contribution in [1.82, 2.24) is 9.78 Å². The van der Waals surface area contributed by atoms with E-state index in [9.17, 15) is 4.79 Å². The maximum absolute atomic E-state index is 10.5. The Hall–Kier alpha value is -0.970. The minimum atomic E-state index is -0.733. The quantitative estimate of drug-likeness (QED) is 0.804. The van der Waals surface area contributed by atoms with Gasteiger partial charge >= 0.3 is 5.97 Å². The van der Waals surface area contributed by atoms with E-state index < -0.39 is 5.97 Å². The fourth-order valence-electron chi connectivity index (χ4n) is 0.971. The zero-order valence-corrected chi connectivity index (χ0v) is 9.12. The van der Waals surface area contributed by atoms with Crippen LogP contribution in [-0.2, 0) is 17.6 Å².